The maximum atomic E-state index is 12.0. The van der Waals surface area contributed by atoms with Gasteiger partial charge in [0.1, 0.15) is 0 Å². The molecule has 0 aromatic rings. The molecule has 1 N–H and O–H groups in total. The highest BCUT2D eigenvalue weighted by molar-refractivity contribution is 5.78. The number of nitrogens with one attached hydrogen (secondary N) is 1. The predicted molar refractivity (Wildman–Crippen MR) is 69.0 cm³/mol. The van der Waals surface area contributed by atoms with Gasteiger partial charge in [-0.2, -0.15) is 0 Å². The Bertz CT molecular complexity index is 234. The summed E-state index contributed by atoms with van der Waals surface area (Å²) < 4.78 is 5.12. The van der Waals surface area contributed by atoms with Gasteiger partial charge in [-0.25, -0.2) is 0 Å². The molecule has 1 aliphatic rings. The summed E-state index contributed by atoms with van der Waals surface area (Å²) in [5.41, 5.74) is -0.143. The molecule has 0 atom stereocenters. The molecule has 0 unspecified atom stereocenters. The van der Waals surface area contributed by atoms with Crippen LogP contribution in [0.4, 0.5) is 0 Å². The number of carbonyl (C=O) groups excluding carboxylic acids is 1. The van der Waals surface area contributed by atoms with Crippen LogP contribution in [-0.2, 0) is 9.53 Å². The zero-order chi connectivity index (χ0) is 12.7. The Morgan fingerprint density at radius 2 is 1.82 bits per heavy atom. The van der Waals surface area contributed by atoms with Crippen molar-refractivity contribution in [3.8, 4) is 0 Å². The third-order valence-corrected chi connectivity index (χ3v) is 3.18. The zero-order valence-electron chi connectivity index (χ0n) is 11.4. The molecule has 0 radical (unpaired) electrons. The summed E-state index contributed by atoms with van der Waals surface area (Å²) in [6, 6.07) is 0. The van der Waals surface area contributed by atoms with Crippen LogP contribution in [-0.4, -0.2) is 49.7 Å². The number of nitrogens with zero attached hydrogens (tertiary/aromatic N) is 1. The molecule has 4 heteroatoms. The molecule has 1 amide bonds. The van der Waals surface area contributed by atoms with Gasteiger partial charge in [-0.3, -0.25) is 4.79 Å². The fraction of sp³-hybridized carbons (Fsp3) is 0.923. The van der Waals surface area contributed by atoms with E-state index in [9.17, 15) is 4.79 Å². The van der Waals surface area contributed by atoms with E-state index in [0.717, 1.165) is 25.9 Å². The van der Waals surface area contributed by atoms with Crippen molar-refractivity contribution in [1.82, 2.24) is 10.2 Å². The minimum absolute atomic E-state index is 0.143. The summed E-state index contributed by atoms with van der Waals surface area (Å²) in [6.45, 7) is 6.96. The second kappa shape index (κ2) is 6.97. The lowest BCUT2D eigenvalue weighted by Gasteiger charge is -2.27. The summed E-state index contributed by atoms with van der Waals surface area (Å²) in [7, 11) is 1.68. The molecule has 4 nitrogen and oxygen atoms in total. The van der Waals surface area contributed by atoms with Gasteiger partial charge in [0.05, 0.1) is 13.2 Å². The number of ether oxygens (including phenoxy) is 1. The number of methoxy groups -OCH3 is 1. The lowest BCUT2D eigenvalue weighted by atomic mass is 10.1. The molecule has 0 aliphatic carbocycles. The molecule has 1 aliphatic heterocycles. The molecular formula is C13H26N2O2. The molecule has 1 rings (SSSR count). The lowest BCUT2D eigenvalue weighted by Crippen LogP contribution is -2.49. The van der Waals surface area contributed by atoms with Crippen molar-refractivity contribution in [3.63, 3.8) is 0 Å². The fourth-order valence-electron chi connectivity index (χ4n) is 2.16. The van der Waals surface area contributed by atoms with Crippen molar-refractivity contribution >= 4 is 5.91 Å². The molecule has 1 fully saturated rings. The number of hydrogen-bond donors (Lipinski definition) is 1. The molecule has 1 heterocycles. The van der Waals surface area contributed by atoms with Gasteiger partial charge in [0.2, 0.25) is 5.91 Å². The Morgan fingerprint density at radius 3 is 2.35 bits per heavy atom. The Morgan fingerprint density at radius 1 is 1.24 bits per heavy atom. The Hall–Kier alpha value is -0.610. The predicted octanol–water partition coefficient (Wildman–Crippen LogP) is 1.40. The Kier molecular flexibility index (Phi) is 5.92. The zero-order valence-corrected chi connectivity index (χ0v) is 11.4. The highest BCUT2D eigenvalue weighted by atomic mass is 16.5. The average molecular weight is 242 g/mol. The molecule has 0 spiro atoms. The van der Waals surface area contributed by atoms with Gasteiger partial charge >= 0.3 is 0 Å². The van der Waals surface area contributed by atoms with E-state index in [1.54, 1.807) is 7.11 Å². The first kappa shape index (κ1) is 14.5. The topological polar surface area (TPSA) is 41.6 Å². The van der Waals surface area contributed by atoms with Gasteiger partial charge in [0, 0.05) is 25.7 Å². The van der Waals surface area contributed by atoms with Gasteiger partial charge in [-0.15, -0.1) is 0 Å². The smallest absolute Gasteiger partial charge is 0.236 e. The van der Waals surface area contributed by atoms with E-state index in [4.69, 9.17) is 4.74 Å². The molecule has 100 valence electrons. The minimum atomic E-state index is -0.143. The maximum Gasteiger partial charge on any atom is 0.236 e. The van der Waals surface area contributed by atoms with E-state index in [1.807, 2.05) is 18.7 Å². The maximum absolute atomic E-state index is 12.0. The van der Waals surface area contributed by atoms with Crippen molar-refractivity contribution < 1.29 is 9.53 Å². The lowest BCUT2D eigenvalue weighted by molar-refractivity contribution is -0.130. The standard InChI is InChI=1S/C13H26N2O2/c1-13(2,11-17-3)14-10-12(16)15-8-6-4-5-7-9-15/h14H,4-11H2,1-3H3. The highest BCUT2D eigenvalue weighted by Gasteiger charge is 2.20. The van der Waals surface area contributed by atoms with Crippen LogP contribution in [0.5, 0.6) is 0 Å². The van der Waals surface area contributed by atoms with E-state index >= 15 is 0 Å². The summed E-state index contributed by atoms with van der Waals surface area (Å²) >= 11 is 0. The first-order valence-electron chi connectivity index (χ1n) is 6.57. The Labute approximate surface area is 105 Å². The van der Waals surface area contributed by atoms with E-state index in [0.29, 0.717) is 13.2 Å². The van der Waals surface area contributed by atoms with Crippen LogP contribution in [0.25, 0.3) is 0 Å². The van der Waals surface area contributed by atoms with Crippen LogP contribution in [0.2, 0.25) is 0 Å². The van der Waals surface area contributed by atoms with Crippen molar-refractivity contribution in [2.75, 3.05) is 33.4 Å². The number of likely N-dealkylation sites (tertiary alicyclic amines) is 1. The van der Waals surface area contributed by atoms with Crippen LogP contribution in [0.1, 0.15) is 39.5 Å². The normalized spacial score (nSPS) is 17.9. The molecule has 1 saturated heterocycles. The van der Waals surface area contributed by atoms with E-state index < -0.39 is 0 Å². The van der Waals surface area contributed by atoms with Crippen LogP contribution >= 0.6 is 0 Å². The number of hydrogen-bond acceptors (Lipinski definition) is 3. The van der Waals surface area contributed by atoms with Gasteiger partial charge in [-0.05, 0) is 26.7 Å². The quantitative estimate of drug-likeness (QED) is 0.792. The molecule has 0 bridgehead atoms. The third kappa shape index (κ3) is 5.50. The Balaban J connectivity index is 2.32. The third-order valence-electron chi connectivity index (χ3n) is 3.18. The second-order valence-electron chi connectivity index (χ2n) is 5.47. The van der Waals surface area contributed by atoms with E-state index in [1.165, 1.54) is 12.8 Å². The first-order valence-corrected chi connectivity index (χ1v) is 6.57. The fourth-order valence-corrected chi connectivity index (χ4v) is 2.16. The molecule has 17 heavy (non-hydrogen) atoms. The summed E-state index contributed by atoms with van der Waals surface area (Å²) in [6.07, 6.45) is 4.80. The number of carbonyl (C=O) groups is 1. The van der Waals surface area contributed by atoms with Crippen molar-refractivity contribution in [2.24, 2.45) is 0 Å². The monoisotopic (exact) mass is 242 g/mol. The summed E-state index contributed by atoms with van der Waals surface area (Å²) in [5, 5.41) is 3.26. The first-order chi connectivity index (χ1) is 8.05. The van der Waals surface area contributed by atoms with E-state index in [-0.39, 0.29) is 11.4 Å². The van der Waals surface area contributed by atoms with Crippen LogP contribution in [0.15, 0.2) is 0 Å². The van der Waals surface area contributed by atoms with Crippen LogP contribution in [0, 0.1) is 0 Å². The summed E-state index contributed by atoms with van der Waals surface area (Å²) in [5.74, 6) is 0.219. The van der Waals surface area contributed by atoms with Crippen LogP contribution in [0.3, 0.4) is 0 Å². The minimum Gasteiger partial charge on any atom is -0.383 e. The number of rotatable bonds is 5. The SMILES string of the molecule is COCC(C)(C)NCC(=O)N1CCCCCC1. The van der Waals surface area contributed by atoms with Crippen molar-refractivity contribution in [2.45, 2.75) is 45.1 Å². The molecule has 0 aromatic heterocycles. The highest BCUT2D eigenvalue weighted by Crippen LogP contribution is 2.10. The second-order valence-corrected chi connectivity index (χ2v) is 5.47. The molecule has 0 saturated carbocycles. The van der Waals surface area contributed by atoms with Gasteiger partial charge < -0.3 is 15.0 Å². The molecular weight excluding hydrogens is 216 g/mol. The summed E-state index contributed by atoms with van der Waals surface area (Å²) in [4.78, 5) is 14.0. The molecule has 0 aromatic carbocycles. The van der Waals surface area contributed by atoms with Crippen molar-refractivity contribution in [3.05, 3.63) is 0 Å². The van der Waals surface area contributed by atoms with Crippen LogP contribution < -0.4 is 5.32 Å². The average Bonchev–Trinajstić information content (AvgIpc) is 2.54. The van der Waals surface area contributed by atoms with Crippen molar-refractivity contribution in [1.29, 1.82) is 0 Å². The van der Waals surface area contributed by atoms with Gasteiger partial charge in [0.15, 0.2) is 0 Å². The van der Waals surface area contributed by atoms with Gasteiger partial charge in [-0.1, -0.05) is 12.8 Å². The number of amides is 1. The van der Waals surface area contributed by atoms with Gasteiger partial charge in [0.25, 0.3) is 0 Å². The van der Waals surface area contributed by atoms with E-state index in [2.05, 4.69) is 5.32 Å². The largest absolute Gasteiger partial charge is 0.383 e.